The van der Waals surface area contributed by atoms with Gasteiger partial charge in [0.15, 0.2) is 0 Å². The van der Waals surface area contributed by atoms with E-state index in [0.717, 1.165) is 43.2 Å². The van der Waals surface area contributed by atoms with Gasteiger partial charge >= 0.3 is 0 Å². The van der Waals surface area contributed by atoms with Crippen LogP contribution in [-0.4, -0.2) is 36.6 Å². The van der Waals surface area contributed by atoms with Crippen LogP contribution in [0, 0.1) is 0 Å². The second-order valence-electron chi connectivity index (χ2n) is 6.58. The van der Waals surface area contributed by atoms with Crippen LogP contribution < -0.4 is 10.1 Å². The summed E-state index contributed by atoms with van der Waals surface area (Å²) in [6, 6.07) is 15.9. The molecule has 1 unspecified atom stereocenters. The van der Waals surface area contributed by atoms with Gasteiger partial charge in [-0.2, -0.15) is 0 Å². The quantitative estimate of drug-likeness (QED) is 0.655. The van der Waals surface area contributed by atoms with Crippen LogP contribution in [0.25, 0.3) is 11.5 Å². The van der Waals surface area contributed by atoms with Crippen LogP contribution in [0.3, 0.4) is 0 Å². The van der Waals surface area contributed by atoms with Crippen molar-refractivity contribution in [2.45, 2.75) is 12.6 Å². The van der Waals surface area contributed by atoms with Crippen molar-refractivity contribution in [1.82, 2.24) is 15.2 Å². The minimum atomic E-state index is 0. The fourth-order valence-electron chi connectivity index (χ4n) is 3.50. The number of benzene rings is 2. The number of hydrogen-bond donors (Lipinski definition) is 1. The van der Waals surface area contributed by atoms with Gasteiger partial charge in [-0.3, -0.25) is 4.90 Å². The number of halogens is 2. The Morgan fingerprint density at radius 3 is 2.79 bits per heavy atom. The highest BCUT2D eigenvalue weighted by Gasteiger charge is 2.27. The van der Waals surface area contributed by atoms with Crippen molar-refractivity contribution in [2.24, 2.45) is 0 Å². The van der Waals surface area contributed by atoms with Gasteiger partial charge in [0.25, 0.3) is 0 Å². The standard InChI is InChI=1S/C21H22ClN3O2.ClH/c1-26-20-5-3-2-4-18(20)19-12-23-10-11-25(19)13-17-14-27-21(24-17)15-6-8-16(22)9-7-15;/h2-9,14,19,23H,10-13H2,1H3;1H. The van der Waals surface area contributed by atoms with Crippen molar-refractivity contribution in [1.29, 1.82) is 0 Å². The van der Waals surface area contributed by atoms with Crippen LogP contribution >= 0.6 is 24.0 Å². The molecule has 0 bridgehead atoms. The molecule has 1 atom stereocenters. The van der Waals surface area contributed by atoms with Gasteiger partial charge < -0.3 is 14.5 Å². The van der Waals surface area contributed by atoms with Gasteiger partial charge in [-0.15, -0.1) is 12.4 Å². The lowest BCUT2D eigenvalue weighted by Crippen LogP contribution is -2.45. The zero-order valence-corrected chi connectivity index (χ0v) is 17.2. The molecule has 0 saturated carbocycles. The monoisotopic (exact) mass is 419 g/mol. The number of para-hydroxylation sites is 1. The normalized spacial score (nSPS) is 17.1. The van der Waals surface area contributed by atoms with Crippen molar-refractivity contribution in [3.63, 3.8) is 0 Å². The van der Waals surface area contributed by atoms with Crippen molar-refractivity contribution in [3.05, 3.63) is 71.1 Å². The summed E-state index contributed by atoms with van der Waals surface area (Å²) in [7, 11) is 1.72. The zero-order valence-electron chi connectivity index (χ0n) is 15.6. The number of nitrogens with zero attached hydrogens (tertiary/aromatic N) is 2. The maximum atomic E-state index is 5.96. The lowest BCUT2D eigenvalue weighted by atomic mass is 10.0. The first kappa shape index (κ1) is 20.7. The molecule has 1 aliphatic rings. The van der Waals surface area contributed by atoms with E-state index in [0.29, 0.717) is 10.9 Å². The Hall–Kier alpha value is -2.05. The minimum absolute atomic E-state index is 0. The minimum Gasteiger partial charge on any atom is -0.496 e. The average Bonchev–Trinajstić information content (AvgIpc) is 3.17. The summed E-state index contributed by atoms with van der Waals surface area (Å²) in [5.74, 6) is 1.53. The van der Waals surface area contributed by atoms with E-state index < -0.39 is 0 Å². The first-order valence-electron chi connectivity index (χ1n) is 9.02. The number of piperazine rings is 1. The van der Waals surface area contributed by atoms with Crippen LogP contribution in [0.1, 0.15) is 17.3 Å². The summed E-state index contributed by atoms with van der Waals surface area (Å²) < 4.78 is 11.3. The van der Waals surface area contributed by atoms with Crippen LogP contribution in [0.5, 0.6) is 5.75 Å². The fourth-order valence-corrected chi connectivity index (χ4v) is 3.62. The summed E-state index contributed by atoms with van der Waals surface area (Å²) in [5.41, 5.74) is 3.03. The number of rotatable bonds is 5. The van der Waals surface area contributed by atoms with Crippen LogP contribution in [0.15, 0.2) is 59.2 Å². The number of ether oxygens (including phenoxy) is 1. The molecular weight excluding hydrogens is 397 g/mol. The summed E-state index contributed by atoms with van der Waals surface area (Å²) in [4.78, 5) is 7.09. The number of oxazole rings is 1. The molecule has 148 valence electrons. The molecular formula is C21H23Cl2N3O2. The Kier molecular flexibility index (Phi) is 6.97. The lowest BCUT2D eigenvalue weighted by molar-refractivity contribution is 0.149. The smallest absolute Gasteiger partial charge is 0.226 e. The Bertz CT molecular complexity index is 899. The molecule has 28 heavy (non-hydrogen) atoms. The largest absolute Gasteiger partial charge is 0.496 e. The Balaban J connectivity index is 0.00000225. The van der Waals surface area contributed by atoms with Gasteiger partial charge in [0.1, 0.15) is 12.0 Å². The van der Waals surface area contributed by atoms with Gasteiger partial charge in [-0.05, 0) is 30.3 Å². The van der Waals surface area contributed by atoms with Crippen LogP contribution in [0.4, 0.5) is 0 Å². The second kappa shape index (κ2) is 9.43. The maximum Gasteiger partial charge on any atom is 0.226 e. The van der Waals surface area contributed by atoms with E-state index in [-0.39, 0.29) is 18.4 Å². The van der Waals surface area contributed by atoms with E-state index in [1.807, 2.05) is 36.4 Å². The first-order chi connectivity index (χ1) is 13.2. The fraction of sp³-hybridized carbons (Fsp3) is 0.286. The molecule has 0 radical (unpaired) electrons. The highest BCUT2D eigenvalue weighted by Crippen LogP contribution is 2.31. The topological polar surface area (TPSA) is 50.5 Å². The summed E-state index contributed by atoms with van der Waals surface area (Å²) in [6.07, 6.45) is 1.74. The lowest BCUT2D eigenvalue weighted by Gasteiger charge is -2.36. The first-order valence-corrected chi connectivity index (χ1v) is 9.40. The molecule has 0 aliphatic carbocycles. The molecule has 3 aromatic rings. The second-order valence-corrected chi connectivity index (χ2v) is 7.02. The molecule has 0 amide bonds. The summed E-state index contributed by atoms with van der Waals surface area (Å²) in [5, 5.41) is 4.18. The molecule has 2 heterocycles. The van der Waals surface area contributed by atoms with Gasteiger partial charge in [0.05, 0.1) is 18.8 Å². The van der Waals surface area contributed by atoms with Crippen LogP contribution in [0.2, 0.25) is 5.02 Å². The van der Waals surface area contributed by atoms with E-state index in [9.17, 15) is 0 Å². The highest BCUT2D eigenvalue weighted by atomic mass is 35.5. The van der Waals surface area contributed by atoms with Gasteiger partial charge in [-0.25, -0.2) is 4.98 Å². The molecule has 1 aromatic heterocycles. The third kappa shape index (κ3) is 4.50. The number of aromatic nitrogens is 1. The van der Waals surface area contributed by atoms with E-state index in [1.54, 1.807) is 13.4 Å². The zero-order chi connectivity index (χ0) is 18.6. The van der Waals surface area contributed by atoms with Gasteiger partial charge in [-0.1, -0.05) is 29.8 Å². The molecule has 5 nitrogen and oxygen atoms in total. The molecule has 7 heteroatoms. The molecule has 1 N–H and O–H groups in total. The predicted octanol–water partition coefficient (Wildman–Crippen LogP) is 4.57. The molecule has 1 fully saturated rings. The van der Waals surface area contributed by atoms with E-state index in [2.05, 4.69) is 27.3 Å². The van der Waals surface area contributed by atoms with Gasteiger partial charge in [0, 0.05) is 42.3 Å². The number of nitrogens with one attached hydrogen (secondary N) is 1. The van der Waals surface area contributed by atoms with E-state index in [4.69, 9.17) is 20.8 Å². The van der Waals surface area contributed by atoms with Crippen molar-refractivity contribution < 1.29 is 9.15 Å². The Morgan fingerprint density at radius 1 is 1.21 bits per heavy atom. The molecule has 1 aliphatic heterocycles. The third-order valence-corrected chi connectivity index (χ3v) is 5.11. The van der Waals surface area contributed by atoms with Crippen molar-refractivity contribution in [2.75, 3.05) is 26.7 Å². The molecule has 2 aromatic carbocycles. The van der Waals surface area contributed by atoms with E-state index in [1.165, 1.54) is 5.56 Å². The Labute approximate surface area is 176 Å². The van der Waals surface area contributed by atoms with Crippen molar-refractivity contribution in [3.8, 4) is 17.2 Å². The summed E-state index contributed by atoms with van der Waals surface area (Å²) in [6.45, 7) is 3.49. The van der Waals surface area contributed by atoms with E-state index >= 15 is 0 Å². The maximum absolute atomic E-state index is 5.96. The molecule has 1 saturated heterocycles. The predicted molar refractivity (Wildman–Crippen MR) is 113 cm³/mol. The SMILES string of the molecule is COc1ccccc1C1CNCCN1Cc1coc(-c2ccc(Cl)cc2)n1.Cl. The van der Waals surface area contributed by atoms with Gasteiger partial charge in [0.2, 0.25) is 5.89 Å². The average molecular weight is 420 g/mol. The highest BCUT2D eigenvalue weighted by molar-refractivity contribution is 6.30. The van der Waals surface area contributed by atoms with Crippen molar-refractivity contribution >= 4 is 24.0 Å². The molecule has 4 rings (SSSR count). The summed E-state index contributed by atoms with van der Waals surface area (Å²) >= 11 is 5.96. The van der Waals surface area contributed by atoms with Crippen LogP contribution in [-0.2, 0) is 6.54 Å². The number of hydrogen-bond acceptors (Lipinski definition) is 5. The molecule has 0 spiro atoms. The number of methoxy groups -OCH3 is 1. The third-order valence-electron chi connectivity index (χ3n) is 4.86. The Morgan fingerprint density at radius 2 is 2.00 bits per heavy atom.